The van der Waals surface area contributed by atoms with E-state index in [1.54, 1.807) is 6.20 Å². The van der Waals surface area contributed by atoms with Gasteiger partial charge in [-0.15, -0.1) is 11.8 Å². The van der Waals surface area contributed by atoms with Gasteiger partial charge < -0.3 is 36.6 Å². The minimum Gasteiger partial charge on any atom is -0.389 e. The van der Waals surface area contributed by atoms with Crippen LogP contribution in [0.3, 0.4) is 0 Å². The highest BCUT2D eigenvalue weighted by molar-refractivity contribution is 8.00. The third-order valence-electron chi connectivity index (χ3n) is 8.41. The second-order valence-corrected chi connectivity index (χ2v) is 11.8. The third kappa shape index (κ3) is 5.65. The Kier molecular flexibility index (Phi) is 8.81. The van der Waals surface area contributed by atoms with Gasteiger partial charge in [0.2, 0.25) is 0 Å². The van der Waals surface area contributed by atoms with E-state index in [1.807, 2.05) is 11.8 Å². The summed E-state index contributed by atoms with van der Waals surface area (Å²) in [6.45, 7) is 6.39. The van der Waals surface area contributed by atoms with Gasteiger partial charge in [0.05, 0.1) is 17.6 Å². The number of nitrogens with zero attached hydrogens (tertiary/aromatic N) is 1. The lowest BCUT2D eigenvalue weighted by Crippen LogP contribution is -2.49. The molecule has 0 amide bonds. The summed E-state index contributed by atoms with van der Waals surface area (Å²) >= 11 is 1.94. The second-order valence-electron chi connectivity index (χ2n) is 10.4. The lowest BCUT2D eigenvalue weighted by molar-refractivity contribution is -0.0792. The Bertz CT molecular complexity index is 598. The largest absolute Gasteiger partial charge is 0.389 e. The van der Waals surface area contributed by atoms with Gasteiger partial charge >= 0.3 is 0 Å². The number of nitrogens with two attached hydrogens (primary N) is 2. The standard InChI is InChI=1S/C24H44N4O3S/c1-2-27-24-21(20-15(6-11-19(20)32-24)14-18(29)22(25)30)23(26)31-17-9-7-16(8-10-17)28-12-4-3-5-13-28/h2,15-24,27,29-30H,1,3-14,25-26H2/t15-,16?,17?,18+,19?,20?,21?,22?,23?,24?/m1/s1. The highest BCUT2D eigenvalue weighted by Crippen LogP contribution is 2.55. The zero-order valence-corrected chi connectivity index (χ0v) is 20.2. The smallest absolute Gasteiger partial charge is 0.128 e. The molecule has 0 aromatic rings. The van der Waals surface area contributed by atoms with E-state index in [1.165, 1.54) is 45.2 Å². The zero-order valence-electron chi connectivity index (χ0n) is 19.4. The summed E-state index contributed by atoms with van der Waals surface area (Å²) in [5.74, 6) is 0.801. The van der Waals surface area contributed by atoms with E-state index in [-0.39, 0.29) is 23.6 Å². The lowest BCUT2D eigenvalue weighted by Gasteiger charge is -2.40. The van der Waals surface area contributed by atoms with Crippen LogP contribution in [0.25, 0.3) is 0 Å². The molecule has 8 atom stereocenters. The predicted octanol–water partition coefficient (Wildman–Crippen LogP) is 1.93. The van der Waals surface area contributed by atoms with Gasteiger partial charge in [-0.05, 0) is 88.9 Å². The van der Waals surface area contributed by atoms with E-state index in [0.29, 0.717) is 23.5 Å². The van der Waals surface area contributed by atoms with Crippen molar-refractivity contribution in [2.75, 3.05) is 13.1 Å². The number of fused-ring (bicyclic) bond motifs is 1. The zero-order chi connectivity index (χ0) is 22.7. The van der Waals surface area contributed by atoms with Gasteiger partial charge in [-0.1, -0.05) is 13.0 Å². The SMILES string of the molecule is C=CNC1SC2CC[C@H](C[C@H](O)C(N)O)C2C1C(N)OC1CCC(N2CCCCC2)CC1. The van der Waals surface area contributed by atoms with Gasteiger partial charge in [-0.2, -0.15) is 0 Å². The summed E-state index contributed by atoms with van der Waals surface area (Å²) in [5, 5.41) is 23.9. The normalized spacial score (nSPS) is 41.1. The molecule has 7 nitrogen and oxygen atoms in total. The minimum atomic E-state index is -1.19. The van der Waals surface area contributed by atoms with E-state index in [4.69, 9.17) is 16.2 Å². The molecule has 4 fully saturated rings. The van der Waals surface area contributed by atoms with Crippen LogP contribution in [0.1, 0.15) is 64.2 Å². The number of ether oxygens (including phenoxy) is 1. The van der Waals surface area contributed by atoms with Crippen molar-refractivity contribution in [3.05, 3.63) is 12.8 Å². The first-order valence-electron chi connectivity index (χ1n) is 12.8. The summed E-state index contributed by atoms with van der Waals surface area (Å²) < 4.78 is 6.53. The molecule has 0 radical (unpaired) electrons. The number of piperidine rings is 1. The fraction of sp³-hybridized carbons (Fsp3) is 0.917. The topological polar surface area (TPSA) is 117 Å². The molecule has 2 saturated carbocycles. The Morgan fingerprint density at radius 2 is 1.78 bits per heavy atom. The van der Waals surface area contributed by atoms with Crippen LogP contribution in [0.4, 0.5) is 0 Å². The molecule has 0 aromatic carbocycles. The predicted molar refractivity (Wildman–Crippen MR) is 130 cm³/mol. The number of aliphatic hydroxyl groups is 2. The second kappa shape index (κ2) is 11.4. The molecule has 0 bridgehead atoms. The molecule has 2 aliphatic heterocycles. The molecule has 6 unspecified atom stereocenters. The van der Waals surface area contributed by atoms with Crippen LogP contribution in [0.2, 0.25) is 0 Å². The van der Waals surface area contributed by atoms with Gasteiger partial charge in [0.1, 0.15) is 12.5 Å². The van der Waals surface area contributed by atoms with Crippen molar-refractivity contribution < 1.29 is 14.9 Å². The first-order valence-corrected chi connectivity index (χ1v) is 13.7. The van der Waals surface area contributed by atoms with Crippen LogP contribution in [-0.2, 0) is 4.74 Å². The van der Waals surface area contributed by atoms with Crippen LogP contribution in [0, 0.1) is 17.8 Å². The average molecular weight is 469 g/mol. The lowest BCUT2D eigenvalue weighted by atomic mass is 9.79. The quantitative estimate of drug-likeness (QED) is 0.326. The van der Waals surface area contributed by atoms with Gasteiger partial charge in [0.15, 0.2) is 0 Å². The molecule has 32 heavy (non-hydrogen) atoms. The summed E-state index contributed by atoms with van der Waals surface area (Å²) in [5.41, 5.74) is 12.3. The molecule has 2 aliphatic carbocycles. The first kappa shape index (κ1) is 24.8. The van der Waals surface area contributed by atoms with Crippen molar-refractivity contribution in [3.8, 4) is 0 Å². The molecule has 184 valence electrons. The van der Waals surface area contributed by atoms with Crippen molar-refractivity contribution in [2.45, 2.75) is 106 Å². The Morgan fingerprint density at radius 3 is 2.44 bits per heavy atom. The van der Waals surface area contributed by atoms with Crippen molar-refractivity contribution in [1.29, 1.82) is 0 Å². The average Bonchev–Trinajstić information content (AvgIpc) is 3.34. The van der Waals surface area contributed by atoms with Crippen molar-refractivity contribution in [1.82, 2.24) is 10.2 Å². The van der Waals surface area contributed by atoms with Gasteiger partial charge in [-0.25, -0.2) is 0 Å². The maximum atomic E-state index is 10.2. The van der Waals surface area contributed by atoms with Gasteiger partial charge in [-0.3, -0.25) is 0 Å². The molecule has 4 rings (SSSR count). The Labute approximate surface area is 197 Å². The highest BCUT2D eigenvalue weighted by atomic mass is 32.2. The minimum absolute atomic E-state index is 0.150. The van der Waals surface area contributed by atoms with Crippen LogP contribution >= 0.6 is 11.8 Å². The number of rotatable bonds is 9. The van der Waals surface area contributed by atoms with E-state index in [9.17, 15) is 10.2 Å². The number of nitrogens with one attached hydrogen (secondary N) is 1. The molecule has 7 N–H and O–H groups in total. The Balaban J connectivity index is 1.35. The number of hydrogen-bond acceptors (Lipinski definition) is 8. The summed E-state index contributed by atoms with van der Waals surface area (Å²) in [4.78, 5) is 2.70. The number of hydrogen-bond donors (Lipinski definition) is 5. The van der Waals surface area contributed by atoms with Crippen LogP contribution in [0.5, 0.6) is 0 Å². The highest BCUT2D eigenvalue weighted by Gasteiger charge is 2.53. The number of aliphatic hydroxyl groups excluding tert-OH is 2. The maximum Gasteiger partial charge on any atom is 0.128 e. The molecular weight excluding hydrogens is 424 g/mol. The Morgan fingerprint density at radius 1 is 1.06 bits per heavy atom. The fourth-order valence-corrected chi connectivity index (χ4v) is 8.72. The molecular formula is C24H44N4O3S. The van der Waals surface area contributed by atoms with E-state index in [2.05, 4.69) is 16.8 Å². The van der Waals surface area contributed by atoms with Crippen molar-refractivity contribution >= 4 is 11.8 Å². The first-order chi connectivity index (χ1) is 15.5. The van der Waals surface area contributed by atoms with Crippen molar-refractivity contribution in [3.63, 3.8) is 0 Å². The molecule has 0 spiro atoms. The van der Waals surface area contributed by atoms with E-state index >= 15 is 0 Å². The van der Waals surface area contributed by atoms with E-state index in [0.717, 1.165) is 31.7 Å². The van der Waals surface area contributed by atoms with Crippen LogP contribution in [0.15, 0.2) is 12.8 Å². The fourth-order valence-electron chi connectivity index (χ4n) is 6.79. The summed E-state index contributed by atoms with van der Waals surface area (Å²) in [6, 6.07) is 0.719. The Hall–Kier alpha value is -0.350. The van der Waals surface area contributed by atoms with E-state index < -0.39 is 12.3 Å². The van der Waals surface area contributed by atoms with Gasteiger partial charge in [0.25, 0.3) is 0 Å². The maximum absolute atomic E-state index is 10.2. The molecule has 0 aromatic heterocycles. The van der Waals surface area contributed by atoms with Crippen LogP contribution < -0.4 is 16.8 Å². The molecule has 8 heteroatoms. The molecule has 2 heterocycles. The van der Waals surface area contributed by atoms with Gasteiger partial charge in [0, 0.05) is 17.2 Å². The third-order valence-corrected chi connectivity index (χ3v) is 10.1. The van der Waals surface area contributed by atoms with Crippen LogP contribution in [-0.4, -0.2) is 69.5 Å². The number of likely N-dealkylation sites (tertiary alicyclic amines) is 1. The number of thioether (sulfide) groups is 1. The molecule has 4 aliphatic rings. The monoisotopic (exact) mass is 468 g/mol. The molecule has 2 saturated heterocycles. The van der Waals surface area contributed by atoms with Crippen molar-refractivity contribution in [2.24, 2.45) is 29.2 Å². The summed E-state index contributed by atoms with van der Waals surface area (Å²) in [6.07, 6.45) is 10.9. The summed E-state index contributed by atoms with van der Waals surface area (Å²) in [7, 11) is 0.